The molecule has 0 spiro atoms. The summed E-state index contributed by atoms with van der Waals surface area (Å²) in [5, 5.41) is 17.8. The standard InChI is InChI=1S/C19H19NO6S/c1-26-16-9-5-14(6-10-16)15-7-11-17(12-8-15)27(24,25)20-18(19(22)23)4-2-3-13-21/h5-12,18,20-21H,4,13H2,1H3,(H,22,23). The van der Waals surface area contributed by atoms with E-state index < -0.39 is 28.6 Å². The number of aliphatic hydroxyl groups excluding tert-OH is 1. The quantitative estimate of drug-likeness (QED) is 0.618. The number of carbonyl (C=O) groups is 1. The largest absolute Gasteiger partial charge is 0.497 e. The van der Waals surface area contributed by atoms with Gasteiger partial charge < -0.3 is 14.9 Å². The molecular formula is C19H19NO6S. The number of rotatable bonds is 7. The van der Waals surface area contributed by atoms with Gasteiger partial charge in [-0.15, -0.1) is 0 Å². The lowest BCUT2D eigenvalue weighted by atomic mass is 10.1. The second-order valence-corrected chi connectivity index (χ2v) is 7.19. The van der Waals surface area contributed by atoms with E-state index in [0.29, 0.717) is 5.75 Å². The number of hydrogen-bond donors (Lipinski definition) is 3. The van der Waals surface area contributed by atoms with Crippen molar-refractivity contribution < 1.29 is 28.2 Å². The smallest absolute Gasteiger partial charge is 0.322 e. The molecule has 0 saturated carbocycles. The molecule has 0 bridgehead atoms. The van der Waals surface area contributed by atoms with E-state index in [1.807, 2.05) is 12.1 Å². The van der Waals surface area contributed by atoms with E-state index in [2.05, 4.69) is 16.6 Å². The molecule has 0 aliphatic heterocycles. The zero-order chi connectivity index (χ0) is 19.9. The molecule has 0 amide bonds. The summed E-state index contributed by atoms with van der Waals surface area (Å²) in [5.74, 6) is 4.07. The fourth-order valence-electron chi connectivity index (χ4n) is 2.27. The lowest BCUT2D eigenvalue weighted by molar-refractivity contribution is -0.138. The number of aliphatic carboxylic acids is 1. The number of methoxy groups -OCH3 is 1. The zero-order valence-electron chi connectivity index (χ0n) is 14.5. The second kappa shape index (κ2) is 9.19. The highest BCUT2D eigenvalue weighted by Crippen LogP contribution is 2.23. The van der Waals surface area contributed by atoms with Crippen molar-refractivity contribution in [1.82, 2.24) is 4.72 Å². The summed E-state index contributed by atoms with van der Waals surface area (Å²) < 4.78 is 32.1. The highest BCUT2D eigenvalue weighted by molar-refractivity contribution is 7.89. The summed E-state index contributed by atoms with van der Waals surface area (Å²) in [6.07, 6.45) is -0.251. The fraction of sp³-hybridized carbons (Fsp3) is 0.211. The summed E-state index contributed by atoms with van der Waals surface area (Å²) in [5.41, 5.74) is 1.69. The summed E-state index contributed by atoms with van der Waals surface area (Å²) in [4.78, 5) is 11.2. The summed E-state index contributed by atoms with van der Waals surface area (Å²) >= 11 is 0. The van der Waals surface area contributed by atoms with Crippen LogP contribution in [0.4, 0.5) is 0 Å². The fourth-order valence-corrected chi connectivity index (χ4v) is 3.46. The first-order valence-electron chi connectivity index (χ1n) is 7.93. The molecule has 0 aliphatic carbocycles. The molecule has 0 aromatic heterocycles. The maximum absolute atomic E-state index is 12.4. The van der Waals surface area contributed by atoms with Crippen molar-refractivity contribution in [3.05, 3.63) is 48.5 Å². The van der Waals surface area contributed by atoms with Crippen molar-refractivity contribution in [3.63, 3.8) is 0 Å². The van der Waals surface area contributed by atoms with E-state index in [9.17, 15) is 13.2 Å². The molecule has 0 aliphatic rings. The van der Waals surface area contributed by atoms with Crippen molar-refractivity contribution in [2.75, 3.05) is 13.7 Å². The van der Waals surface area contributed by atoms with Gasteiger partial charge >= 0.3 is 5.97 Å². The number of carboxylic acid groups (broad SMARTS) is 1. The van der Waals surface area contributed by atoms with E-state index in [1.54, 1.807) is 31.4 Å². The van der Waals surface area contributed by atoms with Gasteiger partial charge in [0.25, 0.3) is 0 Å². The van der Waals surface area contributed by atoms with Gasteiger partial charge in [-0.1, -0.05) is 36.1 Å². The number of nitrogens with one attached hydrogen (secondary N) is 1. The molecule has 142 valence electrons. The van der Waals surface area contributed by atoms with Gasteiger partial charge in [0.1, 0.15) is 18.4 Å². The van der Waals surface area contributed by atoms with Crippen molar-refractivity contribution in [1.29, 1.82) is 0 Å². The zero-order valence-corrected chi connectivity index (χ0v) is 15.4. The third-order valence-electron chi connectivity index (χ3n) is 3.69. The molecular weight excluding hydrogens is 370 g/mol. The molecule has 0 saturated heterocycles. The number of hydrogen-bond acceptors (Lipinski definition) is 5. The highest BCUT2D eigenvalue weighted by Gasteiger charge is 2.24. The number of carboxylic acids is 1. The molecule has 2 aromatic rings. The number of aliphatic hydroxyl groups is 1. The van der Waals surface area contributed by atoms with Crippen molar-refractivity contribution in [3.8, 4) is 28.7 Å². The predicted octanol–water partition coefficient (Wildman–Crippen LogP) is 1.48. The minimum absolute atomic E-state index is 0.0545. The van der Waals surface area contributed by atoms with Crippen molar-refractivity contribution in [2.24, 2.45) is 0 Å². The lowest BCUT2D eigenvalue weighted by Crippen LogP contribution is -2.40. The normalized spacial score (nSPS) is 11.9. The Morgan fingerprint density at radius 3 is 2.11 bits per heavy atom. The molecule has 3 N–H and O–H groups in total. The topological polar surface area (TPSA) is 113 Å². The first kappa shape index (κ1) is 20.5. The maximum atomic E-state index is 12.4. The van der Waals surface area contributed by atoms with Crippen LogP contribution in [0.2, 0.25) is 0 Å². The third kappa shape index (κ3) is 5.56. The SMILES string of the molecule is COc1ccc(-c2ccc(S(=O)(=O)NC(CC#CCO)C(=O)O)cc2)cc1. The molecule has 1 atom stereocenters. The van der Waals surface area contributed by atoms with Crippen LogP contribution in [-0.2, 0) is 14.8 Å². The minimum Gasteiger partial charge on any atom is -0.497 e. The third-order valence-corrected chi connectivity index (χ3v) is 5.18. The first-order chi connectivity index (χ1) is 12.9. The molecule has 7 nitrogen and oxygen atoms in total. The van der Waals surface area contributed by atoms with Gasteiger partial charge in [-0.2, -0.15) is 4.72 Å². The van der Waals surface area contributed by atoms with E-state index in [4.69, 9.17) is 14.9 Å². The van der Waals surface area contributed by atoms with Crippen LogP contribution in [0.25, 0.3) is 11.1 Å². The van der Waals surface area contributed by atoms with Crippen LogP contribution in [0.3, 0.4) is 0 Å². The average molecular weight is 389 g/mol. The van der Waals surface area contributed by atoms with Gasteiger partial charge in [0.2, 0.25) is 10.0 Å². The Morgan fingerprint density at radius 2 is 1.63 bits per heavy atom. The highest BCUT2D eigenvalue weighted by atomic mass is 32.2. The Bertz CT molecular complexity index is 940. The number of sulfonamides is 1. The maximum Gasteiger partial charge on any atom is 0.322 e. The average Bonchev–Trinajstić information content (AvgIpc) is 2.67. The van der Waals surface area contributed by atoms with Gasteiger partial charge in [0, 0.05) is 6.42 Å². The Labute approximate surface area is 157 Å². The molecule has 1 unspecified atom stereocenters. The van der Waals surface area contributed by atoms with Gasteiger partial charge in [-0.25, -0.2) is 8.42 Å². The molecule has 0 heterocycles. The van der Waals surface area contributed by atoms with Gasteiger partial charge in [0.05, 0.1) is 12.0 Å². The number of ether oxygens (including phenoxy) is 1. The van der Waals surface area contributed by atoms with Crippen LogP contribution in [0.15, 0.2) is 53.4 Å². The van der Waals surface area contributed by atoms with Crippen LogP contribution in [0, 0.1) is 11.8 Å². The molecule has 0 radical (unpaired) electrons. The van der Waals surface area contributed by atoms with Crippen LogP contribution < -0.4 is 9.46 Å². The first-order valence-corrected chi connectivity index (χ1v) is 9.42. The van der Waals surface area contributed by atoms with E-state index in [0.717, 1.165) is 11.1 Å². The van der Waals surface area contributed by atoms with Crippen molar-refractivity contribution >= 4 is 16.0 Å². The van der Waals surface area contributed by atoms with E-state index >= 15 is 0 Å². The number of benzene rings is 2. The van der Waals surface area contributed by atoms with E-state index in [-0.39, 0.29) is 11.3 Å². The Kier molecular flexibility index (Phi) is 6.96. The van der Waals surface area contributed by atoms with Crippen LogP contribution in [0.1, 0.15) is 6.42 Å². The van der Waals surface area contributed by atoms with E-state index in [1.165, 1.54) is 12.1 Å². The summed E-state index contributed by atoms with van der Waals surface area (Å²) in [7, 11) is -2.46. The molecule has 8 heteroatoms. The van der Waals surface area contributed by atoms with Gasteiger partial charge in [0.15, 0.2) is 0 Å². The van der Waals surface area contributed by atoms with Crippen LogP contribution >= 0.6 is 0 Å². The predicted molar refractivity (Wildman–Crippen MR) is 99.7 cm³/mol. The van der Waals surface area contributed by atoms with Gasteiger partial charge in [-0.3, -0.25) is 4.79 Å². The second-order valence-electron chi connectivity index (χ2n) is 5.48. The molecule has 2 aromatic carbocycles. The molecule has 0 fully saturated rings. The van der Waals surface area contributed by atoms with Crippen LogP contribution in [0.5, 0.6) is 5.75 Å². The summed E-state index contributed by atoms with van der Waals surface area (Å²) in [6.45, 7) is -0.425. The Hall–Kier alpha value is -2.86. The molecule has 27 heavy (non-hydrogen) atoms. The lowest BCUT2D eigenvalue weighted by Gasteiger charge is -2.13. The molecule has 2 rings (SSSR count). The summed E-state index contributed by atoms with van der Waals surface area (Å²) in [6, 6.07) is 12.0. The Balaban J connectivity index is 2.19. The van der Waals surface area contributed by atoms with Crippen LogP contribution in [-0.4, -0.2) is 44.4 Å². The van der Waals surface area contributed by atoms with Gasteiger partial charge in [-0.05, 0) is 35.4 Å². The van der Waals surface area contributed by atoms with Crippen molar-refractivity contribution in [2.45, 2.75) is 17.4 Å². The minimum atomic E-state index is -4.03. The monoisotopic (exact) mass is 389 g/mol. The Morgan fingerprint density at radius 1 is 1.07 bits per heavy atom.